The van der Waals surface area contributed by atoms with Crippen LogP contribution in [0.1, 0.15) is 11.1 Å². The van der Waals surface area contributed by atoms with Crippen LogP contribution in [0.15, 0.2) is 75.2 Å². The molecule has 1 aromatic heterocycles. The van der Waals surface area contributed by atoms with Crippen LogP contribution in [0, 0.1) is 12.7 Å². The minimum atomic E-state index is -0.373. The molecule has 0 bridgehead atoms. The number of imidazole rings is 1. The van der Waals surface area contributed by atoms with Gasteiger partial charge in [-0.05, 0) is 48.9 Å². The van der Waals surface area contributed by atoms with Crippen LogP contribution in [0.4, 0.5) is 10.1 Å². The highest BCUT2D eigenvalue weighted by Gasteiger charge is 2.16. The Labute approximate surface area is 183 Å². The van der Waals surface area contributed by atoms with E-state index in [-0.39, 0.29) is 23.8 Å². The largest absolute Gasteiger partial charge is 0.328 e. The molecule has 31 heavy (non-hydrogen) atoms. The molecule has 0 aliphatic heterocycles. The molecule has 0 aliphatic carbocycles. The molecule has 1 heterocycles. The number of amides is 1. The highest BCUT2D eigenvalue weighted by Crippen LogP contribution is 2.36. The van der Waals surface area contributed by atoms with Crippen molar-refractivity contribution in [2.24, 2.45) is 14.1 Å². The van der Waals surface area contributed by atoms with E-state index >= 15 is 0 Å². The molecule has 0 fully saturated rings. The first-order chi connectivity index (χ1) is 14.8. The van der Waals surface area contributed by atoms with Crippen molar-refractivity contribution in [3.05, 3.63) is 88.1 Å². The number of anilines is 1. The summed E-state index contributed by atoms with van der Waals surface area (Å²) in [5.74, 6) is -0.627. The Morgan fingerprint density at radius 2 is 1.68 bits per heavy atom. The Morgan fingerprint density at radius 1 is 1.00 bits per heavy atom. The number of hydrogen-bond donors (Lipinski definition) is 1. The summed E-state index contributed by atoms with van der Waals surface area (Å²) in [7, 11) is 3.43. The molecule has 0 spiro atoms. The molecule has 0 saturated heterocycles. The van der Waals surface area contributed by atoms with Gasteiger partial charge in [0.05, 0.1) is 23.1 Å². The third kappa shape index (κ3) is 4.41. The van der Waals surface area contributed by atoms with Gasteiger partial charge in [-0.2, -0.15) is 0 Å². The van der Waals surface area contributed by atoms with Gasteiger partial charge >= 0.3 is 5.69 Å². The third-order valence-corrected chi connectivity index (χ3v) is 6.22. The van der Waals surface area contributed by atoms with E-state index in [0.717, 1.165) is 26.4 Å². The number of carbonyl (C=O) groups excluding carboxylic acids is 1. The van der Waals surface area contributed by atoms with Crippen molar-refractivity contribution >= 4 is 34.4 Å². The number of aromatic nitrogens is 2. The smallest absolute Gasteiger partial charge is 0.325 e. The van der Waals surface area contributed by atoms with Crippen molar-refractivity contribution in [3.63, 3.8) is 0 Å². The first kappa shape index (κ1) is 20.9. The van der Waals surface area contributed by atoms with Gasteiger partial charge in [-0.25, -0.2) is 9.18 Å². The van der Waals surface area contributed by atoms with Gasteiger partial charge in [0.25, 0.3) is 0 Å². The number of carbonyl (C=O) groups is 1. The van der Waals surface area contributed by atoms with E-state index in [1.807, 2.05) is 43.3 Å². The zero-order chi connectivity index (χ0) is 22.1. The van der Waals surface area contributed by atoms with Crippen molar-refractivity contribution in [1.82, 2.24) is 9.13 Å². The quantitative estimate of drug-likeness (QED) is 0.496. The fraction of sp³-hybridized carbons (Fsp3) is 0.167. The van der Waals surface area contributed by atoms with Crippen LogP contribution >= 0.6 is 11.8 Å². The monoisotopic (exact) mass is 435 g/mol. The Hall–Kier alpha value is -3.32. The van der Waals surface area contributed by atoms with Crippen molar-refractivity contribution < 1.29 is 9.18 Å². The summed E-state index contributed by atoms with van der Waals surface area (Å²) in [5, 5.41) is 2.95. The van der Waals surface area contributed by atoms with E-state index in [4.69, 9.17) is 0 Å². The molecular formula is C24H22FN3O2S. The second-order valence-corrected chi connectivity index (χ2v) is 8.62. The van der Waals surface area contributed by atoms with Crippen LogP contribution < -0.4 is 11.0 Å². The maximum Gasteiger partial charge on any atom is 0.328 e. The van der Waals surface area contributed by atoms with Crippen LogP contribution in [0.3, 0.4) is 0 Å². The zero-order valence-corrected chi connectivity index (χ0v) is 18.3. The van der Waals surface area contributed by atoms with Crippen molar-refractivity contribution in [3.8, 4) is 0 Å². The maximum absolute atomic E-state index is 13.5. The van der Waals surface area contributed by atoms with Gasteiger partial charge in [0.2, 0.25) is 5.91 Å². The molecule has 4 rings (SSSR count). The highest BCUT2D eigenvalue weighted by atomic mass is 32.2. The SMILES string of the molecule is Cc1ccc(Sc2cc3c(cc2NC(=O)Cc2cccc(F)c2)n(C)c(=O)n3C)cc1. The maximum atomic E-state index is 13.5. The predicted molar refractivity (Wildman–Crippen MR) is 122 cm³/mol. The summed E-state index contributed by atoms with van der Waals surface area (Å²) >= 11 is 1.51. The number of aryl methyl sites for hydroxylation is 3. The Balaban J connectivity index is 1.72. The first-order valence-electron chi connectivity index (χ1n) is 9.80. The molecule has 1 N–H and O–H groups in total. The van der Waals surface area contributed by atoms with E-state index < -0.39 is 0 Å². The molecule has 0 atom stereocenters. The second kappa shape index (κ2) is 8.43. The van der Waals surface area contributed by atoms with E-state index in [1.54, 1.807) is 35.4 Å². The van der Waals surface area contributed by atoms with Gasteiger partial charge < -0.3 is 5.32 Å². The standard InChI is InChI=1S/C24H22FN3O2S/c1-15-7-9-18(10-8-15)31-22-14-21-20(27(2)24(30)28(21)3)13-19(22)26-23(29)12-16-5-4-6-17(25)11-16/h4-11,13-14H,12H2,1-3H3,(H,26,29). The van der Waals surface area contributed by atoms with Gasteiger partial charge in [0, 0.05) is 23.9 Å². The zero-order valence-electron chi connectivity index (χ0n) is 17.5. The van der Waals surface area contributed by atoms with Gasteiger partial charge in [0.1, 0.15) is 5.82 Å². The Morgan fingerprint density at radius 3 is 2.35 bits per heavy atom. The molecule has 0 saturated carbocycles. The summed E-state index contributed by atoms with van der Waals surface area (Å²) in [6.45, 7) is 2.03. The van der Waals surface area contributed by atoms with E-state index in [9.17, 15) is 14.0 Å². The van der Waals surface area contributed by atoms with Crippen LogP contribution in [0.25, 0.3) is 11.0 Å². The van der Waals surface area contributed by atoms with Crippen LogP contribution in [-0.2, 0) is 25.3 Å². The molecule has 3 aromatic carbocycles. The van der Waals surface area contributed by atoms with Crippen LogP contribution in [0.5, 0.6) is 0 Å². The first-order valence-corrected chi connectivity index (χ1v) is 10.6. The van der Waals surface area contributed by atoms with Crippen LogP contribution in [-0.4, -0.2) is 15.0 Å². The second-order valence-electron chi connectivity index (χ2n) is 7.51. The Bertz CT molecular complexity index is 1340. The minimum Gasteiger partial charge on any atom is -0.325 e. The fourth-order valence-electron chi connectivity index (χ4n) is 3.47. The number of nitrogens with one attached hydrogen (secondary N) is 1. The number of halogens is 1. The average molecular weight is 436 g/mol. The molecule has 0 unspecified atom stereocenters. The summed E-state index contributed by atoms with van der Waals surface area (Å²) in [4.78, 5) is 27.0. The average Bonchev–Trinajstić information content (AvgIpc) is 2.93. The number of benzene rings is 3. The summed E-state index contributed by atoms with van der Waals surface area (Å²) in [6.07, 6.45) is 0.0537. The van der Waals surface area contributed by atoms with E-state index in [2.05, 4.69) is 5.32 Å². The number of fused-ring (bicyclic) bond motifs is 1. The van der Waals surface area contributed by atoms with Gasteiger partial charge in [-0.3, -0.25) is 13.9 Å². The van der Waals surface area contributed by atoms with Gasteiger partial charge in [-0.1, -0.05) is 41.6 Å². The van der Waals surface area contributed by atoms with Crippen molar-refractivity contribution in [2.75, 3.05) is 5.32 Å². The summed E-state index contributed by atoms with van der Waals surface area (Å²) < 4.78 is 16.6. The normalized spacial score (nSPS) is 11.1. The fourth-order valence-corrected chi connectivity index (χ4v) is 4.38. The number of nitrogens with zero attached hydrogens (tertiary/aromatic N) is 2. The lowest BCUT2D eigenvalue weighted by molar-refractivity contribution is -0.115. The van der Waals surface area contributed by atoms with Crippen LogP contribution in [0.2, 0.25) is 0 Å². The minimum absolute atomic E-state index is 0.0537. The molecule has 0 radical (unpaired) electrons. The topological polar surface area (TPSA) is 56.0 Å². The van der Waals surface area contributed by atoms with Gasteiger partial charge in [0.15, 0.2) is 0 Å². The number of hydrogen-bond acceptors (Lipinski definition) is 3. The van der Waals surface area contributed by atoms with E-state index in [1.165, 1.54) is 23.9 Å². The lowest BCUT2D eigenvalue weighted by Crippen LogP contribution is -2.19. The molecule has 1 amide bonds. The molecule has 7 heteroatoms. The van der Waals surface area contributed by atoms with E-state index in [0.29, 0.717) is 11.3 Å². The highest BCUT2D eigenvalue weighted by molar-refractivity contribution is 7.99. The molecule has 4 aromatic rings. The molecule has 158 valence electrons. The molecule has 0 aliphatic rings. The van der Waals surface area contributed by atoms with Crippen molar-refractivity contribution in [2.45, 2.75) is 23.1 Å². The van der Waals surface area contributed by atoms with Gasteiger partial charge in [-0.15, -0.1) is 0 Å². The lowest BCUT2D eigenvalue weighted by atomic mass is 10.1. The Kier molecular flexibility index (Phi) is 5.69. The molecule has 5 nitrogen and oxygen atoms in total. The third-order valence-electron chi connectivity index (χ3n) is 5.15. The predicted octanol–water partition coefficient (Wildman–Crippen LogP) is 4.66. The number of rotatable bonds is 5. The summed E-state index contributed by atoms with van der Waals surface area (Å²) in [5.41, 5.74) is 3.74. The van der Waals surface area contributed by atoms with Crippen molar-refractivity contribution in [1.29, 1.82) is 0 Å². The summed E-state index contributed by atoms with van der Waals surface area (Å²) in [6, 6.07) is 17.8. The lowest BCUT2D eigenvalue weighted by Gasteiger charge is -2.13. The molecular weight excluding hydrogens is 413 g/mol.